The Hall–Kier alpha value is -1.66. The Morgan fingerprint density at radius 2 is 2.11 bits per heavy atom. The number of hydrogen-bond donors (Lipinski definition) is 2. The van der Waals surface area contributed by atoms with Gasteiger partial charge in [-0.25, -0.2) is 4.79 Å². The van der Waals surface area contributed by atoms with Crippen LogP contribution in [0.5, 0.6) is 0 Å². The third kappa shape index (κ3) is 4.79. The first-order valence-electron chi connectivity index (χ1n) is 10.3. The number of amides is 3. The molecule has 0 saturated heterocycles. The molecule has 3 aliphatic rings. The molecule has 2 N–H and O–H groups in total. The molecule has 1 aromatic heterocycles. The van der Waals surface area contributed by atoms with Crippen LogP contribution in [-0.4, -0.2) is 36.5 Å². The van der Waals surface area contributed by atoms with Crippen LogP contribution in [0.2, 0.25) is 0 Å². The maximum absolute atomic E-state index is 12.4. The predicted octanol–water partition coefficient (Wildman–Crippen LogP) is 3.77. The fourth-order valence-corrected chi connectivity index (χ4v) is 5.32. The van der Waals surface area contributed by atoms with Crippen LogP contribution in [0.4, 0.5) is 4.79 Å². The maximum atomic E-state index is 12.4. The average Bonchev–Trinajstić information content (AvgIpc) is 3.38. The van der Waals surface area contributed by atoms with Crippen molar-refractivity contribution in [2.45, 2.75) is 57.4 Å². The Labute approximate surface area is 165 Å². The Bertz CT molecular complexity index is 723. The van der Waals surface area contributed by atoms with E-state index in [2.05, 4.69) is 33.1 Å². The highest BCUT2D eigenvalue weighted by molar-refractivity contribution is 7.10. The van der Waals surface area contributed by atoms with E-state index >= 15 is 0 Å². The smallest absolute Gasteiger partial charge is 0.321 e. The summed E-state index contributed by atoms with van der Waals surface area (Å²) in [4.78, 5) is 28.2. The molecule has 6 heteroatoms. The van der Waals surface area contributed by atoms with Crippen LogP contribution in [0.15, 0.2) is 23.1 Å². The van der Waals surface area contributed by atoms with Gasteiger partial charge in [0.2, 0.25) is 5.91 Å². The van der Waals surface area contributed by atoms with E-state index in [4.69, 9.17) is 0 Å². The Morgan fingerprint density at radius 3 is 2.89 bits per heavy atom. The number of hydrogen-bond acceptors (Lipinski definition) is 4. The molecule has 1 aromatic rings. The van der Waals surface area contributed by atoms with Crippen LogP contribution in [0.1, 0.15) is 61.4 Å². The number of nitrogens with one attached hydrogen (secondary N) is 2. The highest BCUT2D eigenvalue weighted by Crippen LogP contribution is 2.48. The van der Waals surface area contributed by atoms with Crippen LogP contribution in [0, 0.1) is 5.92 Å². The second-order valence-electron chi connectivity index (χ2n) is 7.96. The van der Waals surface area contributed by atoms with Crippen molar-refractivity contribution < 1.29 is 9.59 Å². The van der Waals surface area contributed by atoms with Gasteiger partial charge >= 0.3 is 6.03 Å². The summed E-state index contributed by atoms with van der Waals surface area (Å²) in [5.74, 6) is 0.470. The number of thiophene rings is 1. The van der Waals surface area contributed by atoms with Crippen LogP contribution < -0.4 is 10.6 Å². The minimum Gasteiger partial charge on any atom is -0.337 e. The predicted molar refractivity (Wildman–Crippen MR) is 108 cm³/mol. The molecule has 0 radical (unpaired) electrons. The lowest BCUT2D eigenvalue weighted by Gasteiger charge is -2.35. The van der Waals surface area contributed by atoms with Gasteiger partial charge in [0.05, 0.1) is 6.54 Å². The molecule has 5 nitrogen and oxygen atoms in total. The van der Waals surface area contributed by atoms with Gasteiger partial charge in [-0.15, -0.1) is 11.3 Å². The van der Waals surface area contributed by atoms with Gasteiger partial charge in [-0.3, -0.25) is 15.0 Å². The molecule has 1 saturated carbocycles. The van der Waals surface area contributed by atoms with Gasteiger partial charge < -0.3 is 5.32 Å². The van der Waals surface area contributed by atoms with Crippen LogP contribution in [0.25, 0.3) is 0 Å². The lowest BCUT2D eigenvalue weighted by atomic mass is 9.96. The number of imide groups is 1. The van der Waals surface area contributed by atoms with Crippen molar-refractivity contribution in [3.8, 4) is 0 Å². The zero-order chi connectivity index (χ0) is 18.6. The molecule has 0 aromatic carbocycles. The largest absolute Gasteiger partial charge is 0.337 e. The van der Waals surface area contributed by atoms with Crippen molar-refractivity contribution in [2.24, 2.45) is 5.92 Å². The summed E-state index contributed by atoms with van der Waals surface area (Å²) in [5.41, 5.74) is 2.84. The van der Waals surface area contributed by atoms with E-state index in [9.17, 15) is 9.59 Å². The number of carbonyl (C=O) groups is 2. The summed E-state index contributed by atoms with van der Waals surface area (Å²) in [6.45, 7) is 1.80. The normalized spacial score (nSPS) is 22.7. The van der Waals surface area contributed by atoms with E-state index in [-0.39, 0.29) is 11.9 Å². The molecule has 146 valence electrons. The van der Waals surface area contributed by atoms with Gasteiger partial charge in [-0.2, -0.15) is 0 Å². The molecule has 0 spiro atoms. The van der Waals surface area contributed by atoms with Crippen LogP contribution in [-0.2, 0) is 11.2 Å². The third-order valence-corrected chi connectivity index (χ3v) is 6.90. The molecule has 0 unspecified atom stereocenters. The fourth-order valence-electron chi connectivity index (χ4n) is 4.40. The number of nitrogens with zero attached hydrogens (tertiary/aromatic N) is 1. The summed E-state index contributed by atoms with van der Waals surface area (Å²) >= 11 is 1.83. The number of urea groups is 1. The number of rotatable bonds is 6. The molecule has 1 aliphatic heterocycles. The average molecular weight is 388 g/mol. The zero-order valence-corrected chi connectivity index (χ0v) is 16.7. The van der Waals surface area contributed by atoms with Gasteiger partial charge in [0, 0.05) is 24.0 Å². The molecule has 0 bridgehead atoms. The van der Waals surface area contributed by atoms with E-state index in [1.807, 2.05) is 11.3 Å². The summed E-state index contributed by atoms with van der Waals surface area (Å²) in [6.07, 6.45) is 11.5. The first-order chi connectivity index (χ1) is 13.2. The number of carbonyl (C=O) groups excluding carboxylic acids is 2. The second-order valence-corrected chi connectivity index (χ2v) is 8.96. The molecule has 27 heavy (non-hydrogen) atoms. The highest BCUT2D eigenvalue weighted by Gasteiger charge is 2.40. The molecule has 2 aliphatic carbocycles. The summed E-state index contributed by atoms with van der Waals surface area (Å²) < 4.78 is 0. The van der Waals surface area contributed by atoms with E-state index in [1.54, 1.807) is 0 Å². The van der Waals surface area contributed by atoms with Crippen molar-refractivity contribution in [2.75, 3.05) is 19.6 Å². The molecular weight excluding hydrogens is 358 g/mol. The molecule has 4 rings (SSSR count). The van der Waals surface area contributed by atoms with Gasteiger partial charge in [-0.1, -0.05) is 11.6 Å². The SMILES string of the molecule is O=C(CN1CCc2sccc2[C@H]1C1CC1)NC(=O)NCCC1=CCCCC1. The number of allylic oxidation sites excluding steroid dienone is 1. The topological polar surface area (TPSA) is 61.4 Å². The lowest BCUT2D eigenvalue weighted by Crippen LogP contribution is -2.47. The standard InChI is InChI=1S/C21H29N3O2S/c25-19(23-21(26)22-11-8-15-4-2-1-3-5-15)14-24-12-9-18-17(10-13-27-18)20(24)16-6-7-16/h4,10,13,16,20H,1-3,5-9,11-12,14H2,(H2,22,23,25,26)/t20-/m1/s1. The van der Waals surface area contributed by atoms with Crippen molar-refractivity contribution >= 4 is 23.3 Å². The van der Waals surface area contributed by atoms with E-state index in [0.29, 0.717) is 25.0 Å². The van der Waals surface area contributed by atoms with Crippen LogP contribution in [0.3, 0.4) is 0 Å². The summed E-state index contributed by atoms with van der Waals surface area (Å²) in [5, 5.41) is 7.51. The van der Waals surface area contributed by atoms with Gasteiger partial charge in [0.1, 0.15) is 0 Å². The quantitative estimate of drug-likeness (QED) is 0.731. The lowest BCUT2D eigenvalue weighted by molar-refractivity contribution is -0.122. The maximum Gasteiger partial charge on any atom is 0.321 e. The molecule has 3 amide bonds. The van der Waals surface area contributed by atoms with Gasteiger partial charge in [0.25, 0.3) is 0 Å². The van der Waals surface area contributed by atoms with Crippen molar-refractivity contribution in [3.05, 3.63) is 33.5 Å². The molecule has 2 heterocycles. The minimum atomic E-state index is -0.368. The van der Waals surface area contributed by atoms with E-state index in [0.717, 1.165) is 32.2 Å². The Morgan fingerprint density at radius 1 is 1.22 bits per heavy atom. The third-order valence-electron chi connectivity index (χ3n) is 5.90. The van der Waals surface area contributed by atoms with E-state index in [1.165, 1.54) is 41.7 Å². The van der Waals surface area contributed by atoms with Crippen molar-refractivity contribution in [1.82, 2.24) is 15.5 Å². The van der Waals surface area contributed by atoms with Crippen LogP contribution >= 0.6 is 11.3 Å². The summed E-state index contributed by atoms with van der Waals surface area (Å²) in [6, 6.07) is 2.21. The Balaban J connectivity index is 1.24. The second kappa shape index (κ2) is 8.57. The summed E-state index contributed by atoms with van der Waals surface area (Å²) in [7, 11) is 0. The first-order valence-corrected chi connectivity index (χ1v) is 11.1. The fraction of sp³-hybridized carbons (Fsp3) is 0.619. The van der Waals surface area contributed by atoms with Gasteiger partial charge in [-0.05, 0) is 74.3 Å². The van der Waals surface area contributed by atoms with E-state index < -0.39 is 0 Å². The van der Waals surface area contributed by atoms with Gasteiger partial charge in [0.15, 0.2) is 0 Å². The first kappa shape index (κ1) is 18.7. The Kier molecular flexibility index (Phi) is 5.93. The monoisotopic (exact) mass is 387 g/mol. The molecule has 1 atom stereocenters. The van der Waals surface area contributed by atoms with Crippen molar-refractivity contribution in [1.29, 1.82) is 0 Å². The molecular formula is C21H29N3O2S. The number of fused-ring (bicyclic) bond motifs is 1. The zero-order valence-electron chi connectivity index (χ0n) is 15.8. The van der Waals surface area contributed by atoms with Crippen molar-refractivity contribution in [3.63, 3.8) is 0 Å². The highest BCUT2D eigenvalue weighted by atomic mass is 32.1. The molecule has 1 fully saturated rings. The minimum absolute atomic E-state index is 0.200.